The molecule has 3 heterocycles. The highest BCUT2D eigenvalue weighted by Gasteiger charge is 2.17. The van der Waals surface area contributed by atoms with Crippen LogP contribution in [-0.2, 0) is 6.42 Å². The van der Waals surface area contributed by atoms with Gasteiger partial charge in [-0.15, -0.1) is 0 Å². The molecular formula is C18H16N8O3. The van der Waals surface area contributed by atoms with E-state index in [1.807, 2.05) is 0 Å². The number of nitrogens with one attached hydrogen (secondary N) is 3. The number of non-ortho nitro benzene ring substituents is 1. The topological polar surface area (TPSA) is 169 Å². The van der Waals surface area contributed by atoms with Gasteiger partial charge in [-0.2, -0.15) is 10.2 Å². The van der Waals surface area contributed by atoms with Crippen LogP contribution in [0.25, 0.3) is 22.0 Å². The van der Waals surface area contributed by atoms with Crippen LogP contribution in [0.5, 0.6) is 0 Å². The number of nitro benzene ring substituents is 1. The first-order valence-corrected chi connectivity index (χ1v) is 8.60. The summed E-state index contributed by atoms with van der Waals surface area (Å²) >= 11 is 0. The van der Waals surface area contributed by atoms with Gasteiger partial charge in [0.2, 0.25) is 0 Å². The fourth-order valence-electron chi connectivity index (χ4n) is 3.25. The maximum absolute atomic E-state index is 12.3. The number of benzene rings is 1. The average molecular weight is 392 g/mol. The molecule has 146 valence electrons. The Balaban J connectivity index is 1.82. The highest BCUT2D eigenvalue weighted by atomic mass is 16.6. The lowest BCUT2D eigenvalue weighted by molar-refractivity contribution is -0.384. The normalized spacial score (nSPS) is 11.0. The number of pyridine rings is 1. The number of H-pyrrole nitrogens is 2. The van der Waals surface area contributed by atoms with E-state index in [2.05, 4.69) is 30.8 Å². The average Bonchev–Trinajstić information content (AvgIpc) is 3.17. The molecule has 11 heteroatoms. The monoisotopic (exact) mass is 392 g/mol. The van der Waals surface area contributed by atoms with Crippen LogP contribution in [-0.4, -0.2) is 30.3 Å². The van der Waals surface area contributed by atoms with Gasteiger partial charge in [-0.3, -0.25) is 20.0 Å². The van der Waals surface area contributed by atoms with Crippen molar-refractivity contribution in [2.24, 2.45) is 5.84 Å². The van der Waals surface area contributed by atoms with Crippen LogP contribution in [0.15, 0.2) is 41.3 Å². The van der Waals surface area contributed by atoms with E-state index in [9.17, 15) is 14.9 Å². The summed E-state index contributed by atoms with van der Waals surface area (Å²) < 4.78 is 0. The standard InChI is InChI=1S/C18H16N8O3/c1-9-5-13-14(23-25-18(27)15(13)17(21-9)22-19)7-11-8-20-24-16(11)10-3-2-4-12(6-10)26(28)29/h2-6,8H,7,19H2,1H3,(H,20,24)(H,21,22)(H,25,27). The van der Waals surface area contributed by atoms with Gasteiger partial charge in [-0.05, 0) is 13.0 Å². The van der Waals surface area contributed by atoms with Crippen molar-refractivity contribution in [2.45, 2.75) is 13.3 Å². The highest BCUT2D eigenvalue weighted by Crippen LogP contribution is 2.28. The summed E-state index contributed by atoms with van der Waals surface area (Å²) in [7, 11) is 0. The minimum absolute atomic E-state index is 0.0176. The number of nitro groups is 1. The van der Waals surface area contributed by atoms with Gasteiger partial charge in [0, 0.05) is 40.8 Å². The lowest BCUT2D eigenvalue weighted by atomic mass is 10.0. The third kappa shape index (κ3) is 3.30. The van der Waals surface area contributed by atoms with Crippen LogP contribution in [0.1, 0.15) is 17.0 Å². The van der Waals surface area contributed by atoms with E-state index in [-0.39, 0.29) is 11.5 Å². The molecule has 0 radical (unpaired) electrons. The highest BCUT2D eigenvalue weighted by molar-refractivity contribution is 5.93. The van der Waals surface area contributed by atoms with Gasteiger partial charge in [0.1, 0.15) is 0 Å². The van der Waals surface area contributed by atoms with Crippen LogP contribution in [0.2, 0.25) is 0 Å². The summed E-state index contributed by atoms with van der Waals surface area (Å²) in [5, 5.41) is 25.6. The summed E-state index contributed by atoms with van der Waals surface area (Å²) in [6, 6.07) is 8.03. The van der Waals surface area contributed by atoms with Crippen molar-refractivity contribution in [1.29, 1.82) is 0 Å². The molecule has 1 aromatic carbocycles. The van der Waals surface area contributed by atoms with Crippen LogP contribution in [0.3, 0.4) is 0 Å². The number of hydrogen-bond acceptors (Lipinski definition) is 8. The molecule has 0 bridgehead atoms. The van der Waals surface area contributed by atoms with E-state index >= 15 is 0 Å². The molecule has 11 nitrogen and oxygen atoms in total. The number of hydrogen-bond donors (Lipinski definition) is 4. The zero-order valence-corrected chi connectivity index (χ0v) is 15.3. The Morgan fingerprint density at radius 2 is 2.10 bits per heavy atom. The summed E-state index contributed by atoms with van der Waals surface area (Å²) in [4.78, 5) is 27.2. The molecule has 3 aromatic heterocycles. The number of aromatic amines is 2. The predicted octanol–water partition coefficient (Wildman–Crippen LogP) is 1.80. The molecule has 4 aromatic rings. The van der Waals surface area contributed by atoms with Crippen molar-refractivity contribution < 1.29 is 4.92 Å². The van der Waals surface area contributed by atoms with E-state index in [4.69, 9.17) is 5.84 Å². The van der Waals surface area contributed by atoms with Gasteiger partial charge >= 0.3 is 0 Å². The second kappa shape index (κ2) is 7.13. The second-order valence-corrected chi connectivity index (χ2v) is 6.43. The maximum Gasteiger partial charge on any atom is 0.275 e. The zero-order chi connectivity index (χ0) is 20.5. The third-order valence-electron chi connectivity index (χ3n) is 4.54. The zero-order valence-electron chi connectivity index (χ0n) is 15.3. The van der Waals surface area contributed by atoms with Crippen molar-refractivity contribution >= 4 is 22.3 Å². The van der Waals surface area contributed by atoms with Gasteiger partial charge in [0.25, 0.3) is 11.2 Å². The van der Waals surface area contributed by atoms with E-state index in [0.29, 0.717) is 39.8 Å². The number of nitrogens with two attached hydrogens (primary N) is 1. The van der Waals surface area contributed by atoms with E-state index in [1.165, 1.54) is 12.1 Å². The Morgan fingerprint density at radius 3 is 2.86 bits per heavy atom. The van der Waals surface area contributed by atoms with E-state index in [1.54, 1.807) is 31.3 Å². The van der Waals surface area contributed by atoms with Crippen LogP contribution < -0.4 is 16.8 Å². The minimum atomic E-state index is -0.451. The number of rotatable bonds is 5. The summed E-state index contributed by atoms with van der Waals surface area (Å²) in [5.41, 5.74) is 5.32. The number of anilines is 1. The minimum Gasteiger partial charge on any atom is -0.308 e. The molecular weight excluding hydrogens is 376 g/mol. The molecule has 0 saturated carbocycles. The molecule has 0 aliphatic carbocycles. The van der Waals surface area contributed by atoms with Crippen molar-refractivity contribution in [3.8, 4) is 11.3 Å². The second-order valence-electron chi connectivity index (χ2n) is 6.43. The van der Waals surface area contributed by atoms with Gasteiger partial charge in [-0.1, -0.05) is 12.1 Å². The van der Waals surface area contributed by atoms with Gasteiger partial charge < -0.3 is 5.43 Å². The first-order valence-electron chi connectivity index (χ1n) is 8.60. The number of hydrazine groups is 1. The molecule has 5 N–H and O–H groups in total. The van der Waals surface area contributed by atoms with Crippen molar-refractivity contribution in [2.75, 3.05) is 5.43 Å². The van der Waals surface area contributed by atoms with Crippen molar-refractivity contribution in [1.82, 2.24) is 25.4 Å². The van der Waals surface area contributed by atoms with Crippen molar-refractivity contribution in [3.05, 3.63) is 73.9 Å². The Kier molecular flexibility index (Phi) is 4.49. The fourth-order valence-corrected chi connectivity index (χ4v) is 3.25. The summed E-state index contributed by atoms with van der Waals surface area (Å²) in [6.07, 6.45) is 1.96. The molecule has 0 aliphatic rings. The van der Waals surface area contributed by atoms with E-state index in [0.717, 1.165) is 5.56 Å². The molecule has 0 amide bonds. The molecule has 0 aliphatic heterocycles. The smallest absolute Gasteiger partial charge is 0.275 e. The third-order valence-corrected chi connectivity index (χ3v) is 4.54. The maximum atomic E-state index is 12.3. The quantitative estimate of drug-likeness (QED) is 0.226. The molecule has 0 saturated heterocycles. The summed E-state index contributed by atoms with van der Waals surface area (Å²) in [5.74, 6) is 5.78. The molecule has 29 heavy (non-hydrogen) atoms. The Morgan fingerprint density at radius 1 is 1.28 bits per heavy atom. The number of nitrogens with zero attached hydrogens (tertiary/aromatic N) is 4. The Bertz CT molecular complexity index is 1290. The number of aryl methyl sites for hydroxylation is 1. The number of fused-ring (bicyclic) bond motifs is 1. The Labute approximate surface area is 163 Å². The number of nitrogen functional groups attached to an aromatic ring is 1. The molecule has 4 rings (SSSR count). The van der Waals surface area contributed by atoms with Crippen LogP contribution in [0, 0.1) is 17.0 Å². The molecule has 0 fully saturated rings. The summed E-state index contributed by atoms with van der Waals surface area (Å²) in [6.45, 7) is 1.79. The fraction of sp³-hybridized carbons (Fsp3) is 0.111. The Hall–Kier alpha value is -4.12. The predicted molar refractivity (Wildman–Crippen MR) is 106 cm³/mol. The van der Waals surface area contributed by atoms with Gasteiger partial charge in [-0.25, -0.2) is 15.9 Å². The van der Waals surface area contributed by atoms with Crippen LogP contribution in [0.4, 0.5) is 11.5 Å². The molecule has 0 unspecified atom stereocenters. The number of aromatic nitrogens is 5. The first-order chi connectivity index (χ1) is 14.0. The van der Waals surface area contributed by atoms with Crippen LogP contribution >= 0.6 is 0 Å². The van der Waals surface area contributed by atoms with E-state index < -0.39 is 10.5 Å². The van der Waals surface area contributed by atoms with Crippen molar-refractivity contribution in [3.63, 3.8) is 0 Å². The lowest BCUT2D eigenvalue weighted by Crippen LogP contribution is -2.17. The van der Waals surface area contributed by atoms with Gasteiger partial charge in [0.05, 0.1) is 27.9 Å². The largest absolute Gasteiger partial charge is 0.308 e. The molecule has 0 spiro atoms. The SMILES string of the molecule is Cc1cc2c(Cc3cn[nH]c3-c3cccc([N+](=O)[O-])c3)n[nH]c(=O)c2c(NN)n1. The molecule has 0 atom stereocenters. The lowest BCUT2D eigenvalue weighted by Gasteiger charge is -2.09. The first kappa shape index (κ1) is 18.3. The van der Waals surface area contributed by atoms with Gasteiger partial charge in [0.15, 0.2) is 5.82 Å².